The van der Waals surface area contributed by atoms with Gasteiger partial charge in [0.05, 0.1) is 5.70 Å². The molecule has 6 nitrogen and oxygen atoms in total. The predicted molar refractivity (Wildman–Crippen MR) is 35.1 cm³/mol. The minimum atomic E-state index is -1.94. The summed E-state index contributed by atoms with van der Waals surface area (Å²) in [6.07, 6.45) is -1.94. The quantitative estimate of drug-likeness (QED) is 0.281. The van der Waals surface area contributed by atoms with Crippen LogP contribution in [0.15, 0.2) is 12.3 Å². The van der Waals surface area contributed by atoms with E-state index in [0.717, 1.165) is 0 Å². The monoisotopic (exact) mass is 160 g/mol. The van der Waals surface area contributed by atoms with Crippen LogP contribution in [0.3, 0.4) is 0 Å². The van der Waals surface area contributed by atoms with Crippen molar-refractivity contribution in [2.24, 2.45) is 5.73 Å². The Balaban J connectivity index is 3.95. The Morgan fingerprint density at radius 1 is 1.55 bits per heavy atom. The summed E-state index contributed by atoms with van der Waals surface area (Å²) in [5.41, 5.74) is 4.52. The van der Waals surface area contributed by atoms with Crippen LogP contribution in [0.1, 0.15) is 0 Å². The van der Waals surface area contributed by atoms with E-state index in [9.17, 15) is 9.59 Å². The average molecular weight is 160 g/mol. The number of aliphatic hydroxyl groups is 1. The second-order valence-corrected chi connectivity index (χ2v) is 1.74. The van der Waals surface area contributed by atoms with Gasteiger partial charge in [-0.1, -0.05) is 6.58 Å². The van der Waals surface area contributed by atoms with E-state index in [-0.39, 0.29) is 5.70 Å². The molecule has 0 heterocycles. The van der Waals surface area contributed by atoms with Crippen LogP contribution < -0.4 is 11.1 Å². The highest BCUT2D eigenvalue weighted by atomic mass is 16.4. The summed E-state index contributed by atoms with van der Waals surface area (Å²) >= 11 is 0. The van der Waals surface area contributed by atoms with Gasteiger partial charge in [-0.3, -0.25) is 4.79 Å². The van der Waals surface area contributed by atoms with Crippen LogP contribution in [0.4, 0.5) is 0 Å². The van der Waals surface area contributed by atoms with Crippen LogP contribution >= 0.6 is 0 Å². The molecule has 0 saturated heterocycles. The molecule has 6 heteroatoms. The van der Waals surface area contributed by atoms with Crippen LogP contribution in [-0.2, 0) is 9.59 Å². The SMILES string of the molecule is C=C(N)C(=O)NC(O)C(=O)O. The number of amides is 1. The first-order valence-corrected chi connectivity index (χ1v) is 2.61. The Morgan fingerprint density at radius 3 is 2.27 bits per heavy atom. The van der Waals surface area contributed by atoms with Crippen molar-refractivity contribution >= 4 is 11.9 Å². The van der Waals surface area contributed by atoms with E-state index >= 15 is 0 Å². The number of aliphatic carboxylic acids is 1. The third kappa shape index (κ3) is 3.21. The van der Waals surface area contributed by atoms with Gasteiger partial charge >= 0.3 is 5.97 Å². The van der Waals surface area contributed by atoms with Gasteiger partial charge in [0.1, 0.15) is 0 Å². The molecule has 11 heavy (non-hydrogen) atoms. The third-order valence-electron chi connectivity index (χ3n) is 0.793. The molecule has 0 saturated carbocycles. The first-order chi connectivity index (χ1) is 4.95. The Labute approximate surface area is 62.3 Å². The van der Waals surface area contributed by atoms with Gasteiger partial charge in [0.2, 0.25) is 6.23 Å². The second-order valence-electron chi connectivity index (χ2n) is 1.74. The minimum Gasteiger partial charge on any atom is -0.478 e. The van der Waals surface area contributed by atoms with Crippen LogP contribution in [0.25, 0.3) is 0 Å². The fourth-order valence-electron chi connectivity index (χ4n) is 0.279. The van der Waals surface area contributed by atoms with Crippen LogP contribution in [0.2, 0.25) is 0 Å². The molecule has 0 aliphatic heterocycles. The van der Waals surface area contributed by atoms with Gasteiger partial charge in [-0.25, -0.2) is 4.79 Å². The number of carbonyl (C=O) groups excluding carboxylic acids is 1. The first-order valence-electron chi connectivity index (χ1n) is 2.61. The number of hydrogen-bond donors (Lipinski definition) is 4. The molecule has 0 aliphatic rings. The molecule has 0 bridgehead atoms. The molecule has 0 aromatic carbocycles. The predicted octanol–water partition coefficient (Wildman–Crippen LogP) is -2.02. The van der Waals surface area contributed by atoms with E-state index < -0.39 is 18.1 Å². The molecular formula is C5H8N2O4. The highest BCUT2D eigenvalue weighted by Crippen LogP contribution is 1.81. The topological polar surface area (TPSA) is 113 Å². The van der Waals surface area contributed by atoms with E-state index in [1.165, 1.54) is 0 Å². The summed E-state index contributed by atoms with van der Waals surface area (Å²) in [6.45, 7) is 3.03. The number of nitrogens with one attached hydrogen (secondary N) is 1. The second kappa shape index (κ2) is 3.57. The maximum Gasteiger partial charge on any atom is 0.353 e. The lowest BCUT2D eigenvalue weighted by Crippen LogP contribution is -2.42. The molecular weight excluding hydrogens is 152 g/mol. The molecule has 0 aromatic rings. The molecule has 1 amide bonds. The highest BCUT2D eigenvalue weighted by molar-refractivity contribution is 5.94. The van der Waals surface area contributed by atoms with Crippen LogP contribution in [-0.4, -0.2) is 28.3 Å². The number of nitrogens with two attached hydrogens (primary N) is 1. The van der Waals surface area contributed by atoms with Crippen LogP contribution in [0, 0.1) is 0 Å². The average Bonchev–Trinajstić information content (AvgIpc) is 1.87. The zero-order valence-corrected chi connectivity index (χ0v) is 5.57. The Kier molecular flexibility index (Phi) is 3.06. The third-order valence-corrected chi connectivity index (χ3v) is 0.793. The molecule has 1 unspecified atom stereocenters. The van der Waals surface area contributed by atoms with Crippen molar-refractivity contribution in [3.63, 3.8) is 0 Å². The van der Waals surface area contributed by atoms with E-state index in [0.29, 0.717) is 0 Å². The molecule has 62 valence electrons. The smallest absolute Gasteiger partial charge is 0.353 e. The molecule has 0 spiro atoms. The van der Waals surface area contributed by atoms with Crippen molar-refractivity contribution < 1.29 is 19.8 Å². The van der Waals surface area contributed by atoms with E-state index in [1.807, 2.05) is 0 Å². The summed E-state index contributed by atoms with van der Waals surface area (Å²) in [5, 5.41) is 18.3. The van der Waals surface area contributed by atoms with Gasteiger partial charge < -0.3 is 21.3 Å². The van der Waals surface area contributed by atoms with Gasteiger partial charge in [0.15, 0.2) is 0 Å². The Bertz CT molecular complexity index is 201. The summed E-state index contributed by atoms with van der Waals surface area (Å²) in [5.74, 6) is -2.46. The van der Waals surface area contributed by atoms with Crippen molar-refractivity contribution in [3.8, 4) is 0 Å². The maximum absolute atomic E-state index is 10.5. The van der Waals surface area contributed by atoms with E-state index in [2.05, 4.69) is 6.58 Å². The summed E-state index contributed by atoms with van der Waals surface area (Å²) in [4.78, 5) is 20.4. The van der Waals surface area contributed by atoms with Crippen LogP contribution in [0.5, 0.6) is 0 Å². The first kappa shape index (κ1) is 9.44. The molecule has 0 fully saturated rings. The normalized spacial score (nSPS) is 11.7. The number of aliphatic hydroxyl groups excluding tert-OH is 1. The van der Waals surface area contributed by atoms with Crippen molar-refractivity contribution in [3.05, 3.63) is 12.3 Å². The van der Waals surface area contributed by atoms with Crippen molar-refractivity contribution in [2.75, 3.05) is 0 Å². The molecule has 0 aromatic heterocycles. The fraction of sp³-hybridized carbons (Fsp3) is 0.200. The lowest BCUT2D eigenvalue weighted by Gasteiger charge is -2.06. The number of carboxylic acid groups (broad SMARTS) is 1. The Hall–Kier alpha value is -1.56. The van der Waals surface area contributed by atoms with Crippen molar-refractivity contribution in [1.29, 1.82) is 0 Å². The summed E-state index contributed by atoms with van der Waals surface area (Å²) in [6, 6.07) is 0. The zero-order valence-electron chi connectivity index (χ0n) is 5.57. The minimum absolute atomic E-state index is 0.356. The van der Waals surface area contributed by atoms with E-state index in [4.69, 9.17) is 15.9 Å². The molecule has 0 rings (SSSR count). The van der Waals surface area contributed by atoms with Gasteiger partial charge in [-0.15, -0.1) is 0 Å². The van der Waals surface area contributed by atoms with Crippen molar-refractivity contribution in [2.45, 2.75) is 6.23 Å². The van der Waals surface area contributed by atoms with E-state index in [1.54, 1.807) is 5.32 Å². The summed E-state index contributed by atoms with van der Waals surface area (Å²) < 4.78 is 0. The van der Waals surface area contributed by atoms with Gasteiger partial charge in [-0.05, 0) is 0 Å². The molecule has 1 atom stereocenters. The van der Waals surface area contributed by atoms with Gasteiger partial charge in [0.25, 0.3) is 5.91 Å². The lowest BCUT2D eigenvalue weighted by molar-refractivity contribution is -0.150. The lowest BCUT2D eigenvalue weighted by atomic mass is 10.4. The molecule has 0 aliphatic carbocycles. The van der Waals surface area contributed by atoms with Crippen molar-refractivity contribution in [1.82, 2.24) is 5.32 Å². The van der Waals surface area contributed by atoms with Gasteiger partial charge in [0, 0.05) is 0 Å². The standard InChI is InChI=1S/C5H8N2O4/c1-2(6)3(8)7-4(9)5(10)11/h4,9H,1,6H2,(H,7,8)(H,10,11). The fourth-order valence-corrected chi connectivity index (χ4v) is 0.279. The number of hydrogen-bond acceptors (Lipinski definition) is 4. The zero-order chi connectivity index (χ0) is 9.02. The number of carboxylic acids is 1. The number of carbonyl (C=O) groups is 2. The number of rotatable bonds is 3. The maximum atomic E-state index is 10.5. The Morgan fingerprint density at radius 2 is 2.00 bits per heavy atom. The molecule has 5 N–H and O–H groups in total. The summed E-state index contributed by atoms with van der Waals surface area (Å²) in [7, 11) is 0. The molecule has 0 radical (unpaired) electrons. The largest absolute Gasteiger partial charge is 0.478 e. The van der Waals surface area contributed by atoms with Gasteiger partial charge in [-0.2, -0.15) is 0 Å². The highest BCUT2D eigenvalue weighted by Gasteiger charge is 2.15.